The molecule has 4 heteroatoms. The summed E-state index contributed by atoms with van der Waals surface area (Å²) >= 11 is 0. The minimum absolute atomic E-state index is 0.0679. The van der Waals surface area contributed by atoms with Crippen LogP contribution in [0.1, 0.15) is 37.3 Å². The summed E-state index contributed by atoms with van der Waals surface area (Å²) in [5.74, 6) is -1.19. The minimum Gasteiger partial charge on any atom is -0.481 e. The molecule has 0 saturated heterocycles. The number of carbonyl (C=O) groups is 2. The van der Waals surface area contributed by atoms with E-state index < -0.39 is 5.97 Å². The molecule has 0 radical (unpaired) electrons. The van der Waals surface area contributed by atoms with E-state index in [4.69, 9.17) is 5.11 Å². The van der Waals surface area contributed by atoms with Gasteiger partial charge in [-0.05, 0) is 36.8 Å². The van der Waals surface area contributed by atoms with Gasteiger partial charge in [-0.1, -0.05) is 31.2 Å². The summed E-state index contributed by atoms with van der Waals surface area (Å²) in [5, 5.41) is 9.01. The van der Waals surface area contributed by atoms with Crippen LogP contribution < -0.4 is 0 Å². The van der Waals surface area contributed by atoms with Crippen LogP contribution in [-0.2, 0) is 22.6 Å². The lowest BCUT2D eigenvalue weighted by atomic mass is 10.0. The molecule has 0 aromatic heterocycles. The van der Waals surface area contributed by atoms with Crippen molar-refractivity contribution < 1.29 is 14.7 Å². The Labute approximate surface area is 125 Å². The molecule has 1 aliphatic rings. The number of aliphatic carboxylic acids is 1. The third-order valence-electron chi connectivity index (χ3n) is 4.36. The molecular weight excluding hydrogens is 266 g/mol. The first kappa shape index (κ1) is 15.5. The van der Waals surface area contributed by atoms with Crippen LogP contribution in [0.4, 0.5) is 0 Å². The Morgan fingerprint density at radius 2 is 1.71 bits per heavy atom. The van der Waals surface area contributed by atoms with E-state index in [2.05, 4.69) is 31.2 Å². The number of hydrogen-bond donors (Lipinski definition) is 1. The van der Waals surface area contributed by atoms with Gasteiger partial charge in [0, 0.05) is 19.5 Å². The average Bonchev–Trinajstić information content (AvgIpc) is 2.97. The Morgan fingerprint density at radius 1 is 1.14 bits per heavy atom. The summed E-state index contributed by atoms with van der Waals surface area (Å²) < 4.78 is 0. The van der Waals surface area contributed by atoms with Crippen molar-refractivity contribution in [1.82, 2.24) is 4.90 Å². The first-order chi connectivity index (χ1) is 10.0. The molecule has 0 bridgehead atoms. The topological polar surface area (TPSA) is 57.6 Å². The van der Waals surface area contributed by atoms with Gasteiger partial charge < -0.3 is 10.0 Å². The molecule has 2 rings (SSSR count). The van der Waals surface area contributed by atoms with Crippen LogP contribution >= 0.6 is 0 Å². The van der Waals surface area contributed by atoms with Crippen molar-refractivity contribution in [3.8, 4) is 0 Å². The molecule has 0 aliphatic heterocycles. The van der Waals surface area contributed by atoms with E-state index in [9.17, 15) is 9.59 Å². The van der Waals surface area contributed by atoms with Crippen molar-refractivity contribution in [2.45, 2.75) is 39.2 Å². The molecule has 0 spiro atoms. The summed E-state index contributed by atoms with van der Waals surface area (Å²) in [6, 6.07) is 8.28. The first-order valence-electron chi connectivity index (χ1n) is 7.56. The number of amides is 1. The van der Waals surface area contributed by atoms with Gasteiger partial charge in [-0.3, -0.25) is 9.59 Å². The molecule has 1 amide bonds. The van der Waals surface area contributed by atoms with Crippen molar-refractivity contribution in [1.29, 1.82) is 0 Å². The third kappa shape index (κ3) is 3.84. The lowest BCUT2D eigenvalue weighted by Gasteiger charge is -2.21. The number of nitrogens with zero attached hydrogens (tertiary/aromatic N) is 1. The lowest BCUT2D eigenvalue weighted by Crippen LogP contribution is -2.31. The molecule has 4 nitrogen and oxygen atoms in total. The molecule has 21 heavy (non-hydrogen) atoms. The molecule has 1 saturated carbocycles. The van der Waals surface area contributed by atoms with Gasteiger partial charge >= 0.3 is 5.97 Å². The third-order valence-corrected chi connectivity index (χ3v) is 4.36. The maximum absolute atomic E-state index is 12.4. The molecule has 1 fully saturated rings. The lowest BCUT2D eigenvalue weighted by molar-refractivity contribution is -0.141. The second-order valence-electron chi connectivity index (χ2n) is 5.91. The molecule has 2 atom stereocenters. The fraction of sp³-hybridized carbons (Fsp3) is 0.529. The number of aryl methyl sites for hydroxylation is 1. The largest absolute Gasteiger partial charge is 0.481 e. The van der Waals surface area contributed by atoms with Gasteiger partial charge in [-0.15, -0.1) is 0 Å². The Bertz CT molecular complexity index is 509. The molecule has 0 unspecified atom stereocenters. The highest BCUT2D eigenvalue weighted by molar-refractivity contribution is 5.80. The van der Waals surface area contributed by atoms with Crippen LogP contribution in [0.25, 0.3) is 0 Å². The standard InChI is InChI=1S/C17H23NO3/c1-3-12-4-6-13(7-5-12)11-18(2)16(19)14-8-9-15(10-14)17(20)21/h4-7,14-15H,3,8-11H2,1-2H3,(H,20,21)/t14-,15+/m1/s1. The van der Waals surface area contributed by atoms with E-state index in [1.807, 2.05) is 0 Å². The fourth-order valence-electron chi connectivity index (χ4n) is 2.97. The Morgan fingerprint density at radius 3 is 2.24 bits per heavy atom. The smallest absolute Gasteiger partial charge is 0.306 e. The summed E-state index contributed by atoms with van der Waals surface area (Å²) in [4.78, 5) is 25.1. The first-order valence-corrected chi connectivity index (χ1v) is 7.56. The SMILES string of the molecule is CCc1ccc(CN(C)C(=O)[C@@H]2CC[C@H](C(=O)O)C2)cc1. The second-order valence-corrected chi connectivity index (χ2v) is 5.91. The van der Waals surface area contributed by atoms with Gasteiger partial charge in [-0.2, -0.15) is 0 Å². The normalized spacial score (nSPS) is 21.2. The quantitative estimate of drug-likeness (QED) is 0.906. The zero-order valence-electron chi connectivity index (χ0n) is 12.7. The molecule has 1 aromatic rings. The molecule has 1 aliphatic carbocycles. The van der Waals surface area contributed by atoms with Gasteiger partial charge in [0.2, 0.25) is 5.91 Å². The van der Waals surface area contributed by atoms with Crippen LogP contribution in [0, 0.1) is 11.8 Å². The number of carboxylic acid groups (broad SMARTS) is 1. The molecule has 1 aromatic carbocycles. The van der Waals surface area contributed by atoms with Crippen molar-refractivity contribution in [2.75, 3.05) is 7.05 Å². The highest BCUT2D eigenvalue weighted by atomic mass is 16.4. The van der Waals surface area contributed by atoms with Gasteiger partial charge in [0.05, 0.1) is 5.92 Å². The molecule has 114 valence electrons. The van der Waals surface area contributed by atoms with E-state index in [1.54, 1.807) is 11.9 Å². The monoisotopic (exact) mass is 289 g/mol. The Kier molecular flexibility index (Phi) is 4.99. The highest BCUT2D eigenvalue weighted by Gasteiger charge is 2.35. The van der Waals surface area contributed by atoms with E-state index in [0.29, 0.717) is 25.8 Å². The van der Waals surface area contributed by atoms with E-state index in [-0.39, 0.29) is 17.7 Å². The van der Waals surface area contributed by atoms with Gasteiger partial charge in [0.1, 0.15) is 0 Å². The van der Waals surface area contributed by atoms with Crippen molar-refractivity contribution >= 4 is 11.9 Å². The number of carbonyl (C=O) groups excluding carboxylic acids is 1. The van der Waals surface area contributed by atoms with Crippen LogP contribution in [-0.4, -0.2) is 28.9 Å². The van der Waals surface area contributed by atoms with Gasteiger partial charge in [-0.25, -0.2) is 0 Å². The zero-order valence-corrected chi connectivity index (χ0v) is 12.7. The number of rotatable bonds is 5. The van der Waals surface area contributed by atoms with Crippen LogP contribution in [0.2, 0.25) is 0 Å². The predicted octanol–water partition coefficient (Wildman–Crippen LogP) is 2.71. The zero-order chi connectivity index (χ0) is 15.4. The van der Waals surface area contributed by atoms with E-state index >= 15 is 0 Å². The number of hydrogen-bond acceptors (Lipinski definition) is 2. The fourth-order valence-corrected chi connectivity index (χ4v) is 2.97. The van der Waals surface area contributed by atoms with Crippen LogP contribution in [0.3, 0.4) is 0 Å². The van der Waals surface area contributed by atoms with Crippen molar-refractivity contribution in [3.05, 3.63) is 35.4 Å². The summed E-state index contributed by atoms with van der Waals surface area (Å²) in [6.45, 7) is 2.70. The highest BCUT2D eigenvalue weighted by Crippen LogP contribution is 2.32. The van der Waals surface area contributed by atoms with Crippen LogP contribution in [0.15, 0.2) is 24.3 Å². The maximum Gasteiger partial charge on any atom is 0.306 e. The van der Waals surface area contributed by atoms with Gasteiger partial charge in [0.15, 0.2) is 0 Å². The number of benzene rings is 1. The molecular formula is C17H23NO3. The van der Waals surface area contributed by atoms with Crippen LogP contribution in [0.5, 0.6) is 0 Å². The van der Waals surface area contributed by atoms with Crippen molar-refractivity contribution in [2.24, 2.45) is 11.8 Å². The van der Waals surface area contributed by atoms with Gasteiger partial charge in [0.25, 0.3) is 0 Å². The average molecular weight is 289 g/mol. The number of carboxylic acids is 1. The van der Waals surface area contributed by atoms with Crippen molar-refractivity contribution in [3.63, 3.8) is 0 Å². The predicted molar refractivity (Wildman–Crippen MR) is 80.8 cm³/mol. The molecule has 0 heterocycles. The summed E-state index contributed by atoms with van der Waals surface area (Å²) in [6.07, 6.45) is 2.79. The van der Waals surface area contributed by atoms with E-state index in [0.717, 1.165) is 12.0 Å². The molecule has 1 N–H and O–H groups in total. The summed E-state index contributed by atoms with van der Waals surface area (Å²) in [5.41, 5.74) is 2.39. The Balaban J connectivity index is 1.92. The second kappa shape index (κ2) is 6.74. The minimum atomic E-state index is -0.775. The maximum atomic E-state index is 12.4. The summed E-state index contributed by atoms with van der Waals surface area (Å²) in [7, 11) is 1.80. The van der Waals surface area contributed by atoms with E-state index in [1.165, 1.54) is 5.56 Å². The Hall–Kier alpha value is -1.84.